The maximum absolute atomic E-state index is 12.2. The summed E-state index contributed by atoms with van der Waals surface area (Å²) < 4.78 is 29.1. The third-order valence-corrected chi connectivity index (χ3v) is 8.54. The molecule has 210 valence electrons. The number of nitrogens with zero attached hydrogens (tertiary/aromatic N) is 1. The van der Waals surface area contributed by atoms with E-state index in [4.69, 9.17) is 13.8 Å². The first-order valence-corrected chi connectivity index (χ1v) is 16.4. The molecule has 1 aliphatic heterocycles. The standard InChI is InChI=1S/C28H58NO5P/c1-4-6-7-8-9-10-11-12-13-14-15-16-17-18-19-20-26-33-35(30,31)34-28-21-23-29(3,24-22-28)25-27-32-5-2/h28H,4-27H2,1-3H3. The molecule has 35 heavy (non-hydrogen) atoms. The van der Waals surface area contributed by atoms with E-state index in [-0.39, 0.29) is 12.7 Å². The van der Waals surface area contributed by atoms with Gasteiger partial charge in [-0.1, -0.05) is 103 Å². The molecule has 1 rings (SSSR count). The molecule has 7 heteroatoms. The van der Waals surface area contributed by atoms with Crippen LogP contribution in [0.15, 0.2) is 0 Å². The van der Waals surface area contributed by atoms with Crippen LogP contribution in [0.5, 0.6) is 0 Å². The number of phosphoric ester groups is 1. The van der Waals surface area contributed by atoms with Gasteiger partial charge in [0.05, 0.1) is 39.5 Å². The van der Waals surface area contributed by atoms with Crippen molar-refractivity contribution in [1.82, 2.24) is 0 Å². The van der Waals surface area contributed by atoms with Crippen LogP contribution in [0.25, 0.3) is 0 Å². The third kappa shape index (κ3) is 18.9. The van der Waals surface area contributed by atoms with Gasteiger partial charge in [-0.05, 0) is 13.3 Å². The Balaban J connectivity index is 1.91. The van der Waals surface area contributed by atoms with Gasteiger partial charge in [-0.3, -0.25) is 4.57 Å². The number of rotatable bonds is 24. The summed E-state index contributed by atoms with van der Waals surface area (Å²) in [6, 6.07) is 0. The lowest BCUT2D eigenvalue weighted by atomic mass is 10.0. The van der Waals surface area contributed by atoms with E-state index < -0.39 is 7.82 Å². The molecule has 1 aliphatic rings. The van der Waals surface area contributed by atoms with E-state index >= 15 is 0 Å². The summed E-state index contributed by atoms with van der Waals surface area (Å²) in [5.41, 5.74) is 0. The molecule has 1 heterocycles. The van der Waals surface area contributed by atoms with E-state index in [0.717, 1.165) is 69.4 Å². The Labute approximate surface area is 217 Å². The van der Waals surface area contributed by atoms with Crippen molar-refractivity contribution in [2.24, 2.45) is 0 Å². The van der Waals surface area contributed by atoms with Crippen molar-refractivity contribution in [3.8, 4) is 0 Å². The zero-order valence-electron chi connectivity index (χ0n) is 23.5. The second kappa shape index (κ2) is 21.0. The lowest BCUT2D eigenvalue weighted by Gasteiger charge is -2.41. The van der Waals surface area contributed by atoms with E-state index in [1.54, 1.807) is 0 Å². The van der Waals surface area contributed by atoms with Gasteiger partial charge in [-0.15, -0.1) is 0 Å². The van der Waals surface area contributed by atoms with E-state index in [2.05, 4.69) is 14.0 Å². The molecule has 0 saturated carbocycles. The highest BCUT2D eigenvalue weighted by molar-refractivity contribution is 7.45. The molecule has 1 fully saturated rings. The predicted octanol–water partition coefficient (Wildman–Crippen LogP) is 7.40. The number of quaternary nitrogens is 1. The van der Waals surface area contributed by atoms with Crippen LogP contribution in [0, 0.1) is 0 Å². The van der Waals surface area contributed by atoms with Gasteiger partial charge in [-0.2, -0.15) is 0 Å². The van der Waals surface area contributed by atoms with Crippen molar-refractivity contribution in [3.63, 3.8) is 0 Å². The quantitative estimate of drug-likeness (QED) is 0.0755. The first-order chi connectivity index (χ1) is 16.9. The maximum atomic E-state index is 12.2. The van der Waals surface area contributed by atoms with Gasteiger partial charge in [0.2, 0.25) is 0 Å². The minimum Gasteiger partial charge on any atom is -0.756 e. The molecular formula is C28H58NO5P. The molecule has 1 atom stereocenters. The molecule has 1 unspecified atom stereocenters. The van der Waals surface area contributed by atoms with Crippen LogP contribution in [0.1, 0.15) is 129 Å². The normalized spacial score (nSPS) is 22.3. The molecule has 0 aromatic heterocycles. The molecule has 0 radical (unpaired) electrons. The summed E-state index contributed by atoms with van der Waals surface area (Å²) >= 11 is 0. The SMILES string of the molecule is CCCCCCCCCCCCCCCCCCOP(=O)([O-])OC1CC[N+](C)(CCOCC)CC1. The van der Waals surface area contributed by atoms with Gasteiger partial charge in [0.15, 0.2) is 0 Å². The average molecular weight is 520 g/mol. The van der Waals surface area contributed by atoms with Crippen LogP contribution in [0.4, 0.5) is 0 Å². The summed E-state index contributed by atoms with van der Waals surface area (Å²) in [4.78, 5) is 12.2. The molecule has 0 spiro atoms. The fourth-order valence-corrected chi connectivity index (χ4v) is 5.95. The summed E-state index contributed by atoms with van der Waals surface area (Å²) in [5, 5.41) is 0. The van der Waals surface area contributed by atoms with Crippen molar-refractivity contribution >= 4 is 7.82 Å². The lowest BCUT2D eigenvalue weighted by molar-refractivity contribution is -0.915. The summed E-state index contributed by atoms with van der Waals surface area (Å²) in [6.45, 7) is 8.80. The Hall–Kier alpha value is 0.0300. The first-order valence-electron chi connectivity index (χ1n) is 15.0. The minimum absolute atomic E-state index is 0.244. The molecule has 0 amide bonds. The Bertz CT molecular complexity index is 525. The Morgan fingerprint density at radius 2 is 1.20 bits per heavy atom. The number of likely N-dealkylation sites (tertiary alicyclic amines) is 1. The highest BCUT2D eigenvalue weighted by Crippen LogP contribution is 2.42. The molecule has 0 aliphatic carbocycles. The highest BCUT2D eigenvalue weighted by Gasteiger charge is 2.32. The summed E-state index contributed by atoms with van der Waals surface area (Å²) in [5.74, 6) is 0. The molecule has 0 N–H and O–H groups in total. The van der Waals surface area contributed by atoms with Gasteiger partial charge >= 0.3 is 0 Å². The van der Waals surface area contributed by atoms with Gasteiger partial charge in [0.25, 0.3) is 7.82 Å². The van der Waals surface area contributed by atoms with Crippen LogP contribution in [0.2, 0.25) is 0 Å². The fraction of sp³-hybridized carbons (Fsp3) is 1.00. The summed E-state index contributed by atoms with van der Waals surface area (Å²) in [7, 11) is -1.99. The maximum Gasteiger partial charge on any atom is 0.268 e. The van der Waals surface area contributed by atoms with Crippen molar-refractivity contribution in [1.29, 1.82) is 0 Å². The smallest absolute Gasteiger partial charge is 0.268 e. The van der Waals surface area contributed by atoms with Gasteiger partial charge < -0.3 is 23.2 Å². The Kier molecular flexibility index (Phi) is 19.9. The average Bonchev–Trinajstić information content (AvgIpc) is 2.83. The van der Waals surface area contributed by atoms with E-state index in [9.17, 15) is 9.46 Å². The Morgan fingerprint density at radius 1 is 0.743 bits per heavy atom. The number of hydrogen-bond acceptors (Lipinski definition) is 5. The van der Waals surface area contributed by atoms with Crippen LogP contribution in [-0.2, 0) is 18.3 Å². The predicted molar refractivity (Wildman–Crippen MR) is 144 cm³/mol. The van der Waals surface area contributed by atoms with Gasteiger partial charge in [-0.25, -0.2) is 0 Å². The minimum atomic E-state index is -4.20. The second-order valence-corrected chi connectivity index (χ2v) is 12.2. The van der Waals surface area contributed by atoms with E-state index in [0.29, 0.717) is 0 Å². The van der Waals surface area contributed by atoms with E-state index in [1.807, 2.05) is 6.92 Å². The van der Waals surface area contributed by atoms with Crippen molar-refractivity contribution in [3.05, 3.63) is 0 Å². The largest absolute Gasteiger partial charge is 0.756 e. The number of unbranched alkanes of at least 4 members (excludes halogenated alkanes) is 15. The van der Waals surface area contributed by atoms with Crippen LogP contribution in [0.3, 0.4) is 0 Å². The van der Waals surface area contributed by atoms with Crippen LogP contribution < -0.4 is 4.89 Å². The number of piperidine rings is 1. The zero-order chi connectivity index (χ0) is 25.7. The molecular weight excluding hydrogens is 461 g/mol. The number of phosphoric acid groups is 1. The lowest BCUT2D eigenvalue weighted by Crippen LogP contribution is -2.52. The van der Waals surface area contributed by atoms with Crippen LogP contribution >= 0.6 is 7.82 Å². The Morgan fingerprint density at radius 3 is 1.66 bits per heavy atom. The van der Waals surface area contributed by atoms with E-state index in [1.165, 1.54) is 83.5 Å². The molecule has 0 bridgehead atoms. The molecule has 1 saturated heterocycles. The first kappa shape index (κ1) is 33.1. The third-order valence-electron chi connectivity index (χ3n) is 7.49. The molecule has 0 aromatic carbocycles. The van der Waals surface area contributed by atoms with Gasteiger partial charge in [0, 0.05) is 19.4 Å². The highest BCUT2D eigenvalue weighted by atomic mass is 31.2. The summed E-state index contributed by atoms with van der Waals surface area (Å²) in [6.07, 6.45) is 22.1. The number of hydrogen-bond donors (Lipinski definition) is 0. The van der Waals surface area contributed by atoms with Crippen LogP contribution in [-0.4, -0.2) is 57.1 Å². The van der Waals surface area contributed by atoms with Crippen molar-refractivity contribution in [2.45, 2.75) is 136 Å². The van der Waals surface area contributed by atoms with Crippen molar-refractivity contribution < 1.29 is 27.7 Å². The van der Waals surface area contributed by atoms with Gasteiger partial charge in [0.1, 0.15) is 6.54 Å². The molecule has 0 aromatic rings. The topological polar surface area (TPSA) is 67.8 Å². The second-order valence-electron chi connectivity index (χ2n) is 10.9. The monoisotopic (exact) mass is 519 g/mol. The molecule has 6 nitrogen and oxygen atoms in total. The van der Waals surface area contributed by atoms with Crippen molar-refractivity contribution in [2.75, 3.05) is 46.5 Å². The fourth-order valence-electron chi connectivity index (χ4n) is 4.97. The number of likely N-dealkylation sites (N-methyl/N-ethyl adjacent to an activating group) is 1. The number of ether oxygens (including phenoxy) is 1. The zero-order valence-corrected chi connectivity index (χ0v) is 24.4.